The van der Waals surface area contributed by atoms with E-state index in [-0.39, 0.29) is 41.7 Å². The fourth-order valence-corrected chi connectivity index (χ4v) is 11.2. The van der Waals surface area contributed by atoms with Gasteiger partial charge in [-0.2, -0.15) is 10.1 Å². The lowest BCUT2D eigenvalue weighted by molar-refractivity contribution is -0.137. The van der Waals surface area contributed by atoms with E-state index in [1.807, 2.05) is 48.6 Å². The summed E-state index contributed by atoms with van der Waals surface area (Å²) in [5.74, 6) is -0.484. The quantitative estimate of drug-likeness (QED) is 0.0953. The van der Waals surface area contributed by atoms with Gasteiger partial charge in [0.25, 0.3) is 11.8 Å². The molecule has 3 aromatic carbocycles. The van der Waals surface area contributed by atoms with Gasteiger partial charge in [0.15, 0.2) is 5.82 Å². The Morgan fingerprint density at radius 2 is 1.58 bits per heavy atom. The van der Waals surface area contributed by atoms with Crippen molar-refractivity contribution in [1.29, 1.82) is 0 Å². The van der Waals surface area contributed by atoms with Crippen molar-refractivity contribution in [2.75, 3.05) is 80.1 Å². The van der Waals surface area contributed by atoms with Crippen LogP contribution in [0.25, 0.3) is 11.1 Å². The van der Waals surface area contributed by atoms with Gasteiger partial charge in [-0.15, -0.1) is 0 Å². The van der Waals surface area contributed by atoms with Crippen molar-refractivity contribution in [2.45, 2.75) is 50.5 Å². The standard InChI is InChI=1S/C49H53ClN11O7P/c1-57-27-31(25-52-57)34-23-38(54-49-51-26-36(50)44(56-49)53-37-10-7-30(28-5-6-28)21-42(37)69(3,4)67)41(68-2)24-40(34)59-15-13-29(14-16-59)46(64)60-19-17-58(18-20-60)32-8-9-33-35(22-32)48(66)61(47(33)65)39-11-12-43(62)55-45(39)63/h7-10,21-29,39H,5-6,11-20H2,1-4H3,(H,55,62,63)(H2,51,53,54,56)/t39-/m0/s1. The number of imide groups is 2. The highest BCUT2D eigenvalue weighted by Crippen LogP contribution is 2.45. The van der Waals surface area contributed by atoms with Crippen LogP contribution in [0.15, 0.2) is 67.1 Å². The van der Waals surface area contributed by atoms with Gasteiger partial charge in [0.05, 0.1) is 42.0 Å². The van der Waals surface area contributed by atoms with Gasteiger partial charge in [0.2, 0.25) is 23.7 Å². The minimum absolute atomic E-state index is 0.0540. The fourth-order valence-electron chi connectivity index (χ4n) is 9.89. The molecule has 18 nitrogen and oxygen atoms in total. The minimum Gasteiger partial charge on any atom is -0.494 e. The topological polar surface area (TPSA) is 204 Å². The number of ether oxygens (including phenoxy) is 1. The van der Waals surface area contributed by atoms with Gasteiger partial charge in [-0.3, -0.25) is 38.9 Å². The van der Waals surface area contributed by atoms with Crippen LogP contribution in [-0.4, -0.2) is 125 Å². The number of carbonyl (C=O) groups is 5. The number of amides is 5. The molecule has 0 radical (unpaired) electrons. The highest BCUT2D eigenvalue weighted by molar-refractivity contribution is 7.70. The summed E-state index contributed by atoms with van der Waals surface area (Å²) < 4.78 is 21.2. The number of carbonyl (C=O) groups excluding carboxylic acids is 5. The average molecular weight is 974 g/mol. The summed E-state index contributed by atoms with van der Waals surface area (Å²) >= 11 is 6.65. The summed E-state index contributed by atoms with van der Waals surface area (Å²) in [6.07, 6.45) is 9.03. The second-order valence-electron chi connectivity index (χ2n) is 18.8. The normalized spacial score (nSPS) is 18.9. The molecule has 5 amide bonds. The van der Waals surface area contributed by atoms with Crippen molar-refractivity contribution in [2.24, 2.45) is 13.0 Å². The van der Waals surface area contributed by atoms with E-state index in [0.29, 0.717) is 86.0 Å². The number of aryl methyl sites for hydroxylation is 1. The maximum Gasteiger partial charge on any atom is 0.262 e. The van der Waals surface area contributed by atoms with Crippen LogP contribution in [-0.2, 0) is 26.0 Å². The van der Waals surface area contributed by atoms with Crippen molar-refractivity contribution in [3.8, 4) is 16.9 Å². The molecule has 1 atom stereocenters. The monoisotopic (exact) mass is 973 g/mol. The molecule has 69 heavy (non-hydrogen) atoms. The number of piperazine rings is 1. The highest BCUT2D eigenvalue weighted by atomic mass is 35.5. The lowest BCUT2D eigenvalue weighted by atomic mass is 9.93. The smallest absolute Gasteiger partial charge is 0.262 e. The summed E-state index contributed by atoms with van der Waals surface area (Å²) in [6.45, 7) is 6.91. The molecule has 3 N–H and O–H groups in total. The van der Waals surface area contributed by atoms with E-state index in [4.69, 9.17) is 21.3 Å². The Hall–Kier alpha value is -6.78. The van der Waals surface area contributed by atoms with Gasteiger partial charge in [-0.1, -0.05) is 17.7 Å². The third-order valence-corrected chi connectivity index (χ3v) is 15.6. The van der Waals surface area contributed by atoms with Gasteiger partial charge in [-0.25, -0.2) is 4.98 Å². The third kappa shape index (κ3) is 9.15. The van der Waals surface area contributed by atoms with E-state index in [1.54, 1.807) is 43.3 Å². The first-order valence-electron chi connectivity index (χ1n) is 23.2. The molecule has 0 bridgehead atoms. The Morgan fingerprint density at radius 3 is 2.26 bits per heavy atom. The predicted molar refractivity (Wildman–Crippen MR) is 263 cm³/mol. The number of nitrogens with zero attached hydrogens (tertiary/aromatic N) is 8. The van der Waals surface area contributed by atoms with Crippen LogP contribution in [0.2, 0.25) is 5.02 Å². The van der Waals surface area contributed by atoms with E-state index in [0.717, 1.165) is 45.5 Å². The first-order valence-corrected chi connectivity index (χ1v) is 26.2. The van der Waals surface area contributed by atoms with Crippen LogP contribution in [0, 0.1) is 5.92 Å². The molecule has 358 valence electrons. The van der Waals surface area contributed by atoms with Crippen molar-refractivity contribution >= 4 is 88.1 Å². The molecule has 3 saturated heterocycles. The Bertz CT molecular complexity index is 2970. The Morgan fingerprint density at radius 1 is 0.826 bits per heavy atom. The van der Waals surface area contributed by atoms with Crippen LogP contribution in [0.4, 0.5) is 34.5 Å². The Labute approximate surface area is 404 Å². The summed E-state index contributed by atoms with van der Waals surface area (Å²) in [6, 6.07) is 14.1. The van der Waals surface area contributed by atoms with Gasteiger partial charge >= 0.3 is 0 Å². The number of hydrogen-bond donors (Lipinski definition) is 3. The van der Waals surface area contributed by atoms with E-state index in [2.05, 4.69) is 41.9 Å². The number of halogens is 1. The first-order chi connectivity index (χ1) is 33.1. The zero-order chi connectivity index (χ0) is 48.3. The third-order valence-electron chi connectivity index (χ3n) is 13.8. The van der Waals surface area contributed by atoms with Crippen LogP contribution in [0.5, 0.6) is 5.75 Å². The Balaban J connectivity index is 0.804. The summed E-state index contributed by atoms with van der Waals surface area (Å²) in [5, 5.41) is 14.4. The summed E-state index contributed by atoms with van der Waals surface area (Å²) in [7, 11) is 0.823. The van der Waals surface area contributed by atoms with E-state index in [1.165, 1.54) is 11.8 Å². The molecule has 4 fully saturated rings. The minimum atomic E-state index is -2.65. The number of nitrogens with one attached hydrogen (secondary N) is 3. The highest BCUT2D eigenvalue weighted by Gasteiger charge is 2.45. The second kappa shape index (κ2) is 18.3. The van der Waals surface area contributed by atoms with Gasteiger partial charge < -0.3 is 34.6 Å². The zero-order valence-corrected chi connectivity index (χ0v) is 40.5. The molecule has 1 saturated carbocycles. The molecular weight excluding hydrogens is 921 g/mol. The average Bonchev–Trinajstić information content (AvgIpc) is 4.06. The van der Waals surface area contributed by atoms with Gasteiger partial charge in [0, 0.05) is 98.7 Å². The van der Waals surface area contributed by atoms with Crippen molar-refractivity contribution in [1.82, 2.24) is 34.9 Å². The first kappa shape index (κ1) is 46.0. The van der Waals surface area contributed by atoms with Crippen molar-refractivity contribution in [3.05, 3.63) is 88.8 Å². The molecule has 4 aliphatic heterocycles. The van der Waals surface area contributed by atoms with E-state index in [9.17, 15) is 28.5 Å². The number of fused-ring (bicyclic) bond motifs is 1. The summed E-state index contributed by atoms with van der Waals surface area (Å²) in [5.41, 5.74) is 6.45. The molecule has 2 aromatic heterocycles. The largest absolute Gasteiger partial charge is 0.494 e. The number of hydrogen-bond acceptors (Lipinski definition) is 14. The zero-order valence-electron chi connectivity index (χ0n) is 38.8. The number of piperidine rings is 2. The van der Waals surface area contributed by atoms with E-state index < -0.39 is 36.8 Å². The maximum absolute atomic E-state index is 14.0. The van der Waals surface area contributed by atoms with Crippen molar-refractivity contribution < 1.29 is 33.3 Å². The lowest BCUT2D eigenvalue weighted by Gasteiger charge is -2.40. The number of anilines is 6. The Kier molecular flexibility index (Phi) is 12.2. The summed E-state index contributed by atoms with van der Waals surface area (Å²) in [4.78, 5) is 81.5. The fraction of sp³-hybridized carbons (Fsp3) is 0.388. The molecular formula is C49H53ClN11O7P. The molecule has 10 rings (SSSR count). The van der Waals surface area contributed by atoms with Crippen LogP contribution in [0.3, 0.4) is 0 Å². The molecule has 0 spiro atoms. The molecule has 0 unspecified atom stereocenters. The SMILES string of the molecule is COc1cc(N2CCC(C(=O)N3CCN(c4ccc5c(c4)C(=O)N([C@H]4CCC(=O)NC4=O)C5=O)CC3)CC2)c(-c2cnn(C)c2)cc1Nc1ncc(Cl)c(Nc2ccc(C3CC3)cc2P(C)(C)=O)n1. The number of aromatic nitrogens is 4. The van der Waals surface area contributed by atoms with Crippen molar-refractivity contribution in [3.63, 3.8) is 0 Å². The number of methoxy groups -OCH3 is 1. The van der Waals surface area contributed by atoms with Gasteiger partial charge in [-0.05, 0) is 93.3 Å². The molecule has 5 aromatic rings. The lowest BCUT2D eigenvalue weighted by Crippen LogP contribution is -2.54. The van der Waals surface area contributed by atoms with E-state index >= 15 is 0 Å². The predicted octanol–water partition coefficient (Wildman–Crippen LogP) is 6.12. The van der Waals surface area contributed by atoms with Gasteiger partial charge in [0.1, 0.15) is 24.0 Å². The molecule has 6 heterocycles. The second-order valence-corrected chi connectivity index (χ2v) is 22.4. The number of benzene rings is 3. The van der Waals surface area contributed by atoms with Crippen LogP contribution < -0.4 is 35.8 Å². The molecule has 1 aliphatic carbocycles. The number of rotatable bonds is 12. The molecule has 20 heteroatoms. The molecule has 5 aliphatic rings. The van der Waals surface area contributed by atoms with Crippen LogP contribution in [0.1, 0.15) is 70.7 Å². The maximum atomic E-state index is 14.0. The van der Waals surface area contributed by atoms with Crippen LogP contribution >= 0.6 is 18.7 Å².